The van der Waals surface area contributed by atoms with Crippen LogP contribution >= 0.6 is 11.3 Å². The molecule has 0 aromatic carbocycles. The monoisotopic (exact) mass is 374 g/mol. The first kappa shape index (κ1) is 17.6. The summed E-state index contributed by atoms with van der Waals surface area (Å²) in [5.41, 5.74) is 7.18. The zero-order chi connectivity index (χ0) is 18.4. The SMILES string of the molecule is CN(C)C(=O)c1cc2c(s1)CCN(Cc1nnc(C3CC(N)C3)n1C)C2. The normalized spacial score (nSPS) is 22.8. The van der Waals surface area contributed by atoms with Crippen molar-refractivity contribution in [2.75, 3.05) is 20.6 Å². The molecule has 8 heteroatoms. The predicted octanol–water partition coefficient (Wildman–Crippen LogP) is 1.34. The molecule has 1 aliphatic heterocycles. The molecule has 0 spiro atoms. The van der Waals surface area contributed by atoms with Crippen LogP contribution in [0.2, 0.25) is 0 Å². The summed E-state index contributed by atoms with van der Waals surface area (Å²) < 4.78 is 2.14. The number of hydrogen-bond acceptors (Lipinski definition) is 6. The Morgan fingerprint density at radius 2 is 2.15 bits per heavy atom. The third-order valence-corrected chi connectivity index (χ3v) is 6.69. The lowest BCUT2D eigenvalue weighted by atomic mass is 9.80. The minimum atomic E-state index is 0.0904. The van der Waals surface area contributed by atoms with Gasteiger partial charge in [0.25, 0.3) is 5.91 Å². The molecule has 1 saturated carbocycles. The Hall–Kier alpha value is -1.77. The first-order chi connectivity index (χ1) is 12.4. The molecule has 2 N–H and O–H groups in total. The van der Waals surface area contributed by atoms with Gasteiger partial charge in [-0.15, -0.1) is 21.5 Å². The van der Waals surface area contributed by atoms with Crippen LogP contribution in [-0.2, 0) is 26.6 Å². The van der Waals surface area contributed by atoms with Crippen LogP contribution in [0.4, 0.5) is 0 Å². The average Bonchev–Trinajstić information content (AvgIpc) is 3.15. The van der Waals surface area contributed by atoms with Crippen LogP contribution in [-0.4, -0.2) is 57.2 Å². The summed E-state index contributed by atoms with van der Waals surface area (Å²) >= 11 is 1.64. The van der Waals surface area contributed by atoms with Crippen LogP contribution in [0, 0.1) is 0 Å². The van der Waals surface area contributed by atoms with E-state index in [4.69, 9.17) is 5.73 Å². The van der Waals surface area contributed by atoms with Gasteiger partial charge in [0.1, 0.15) is 11.6 Å². The lowest BCUT2D eigenvalue weighted by molar-refractivity contribution is 0.0832. The third kappa shape index (κ3) is 3.17. The molecule has 1 aliphatic carbocycles. The molecule has 26 heavy (non-hydrogen) atoms. The van der Waals surface area contributed by atoms with E-state index >= 15 is 0 Å². The topological polar surface area (TPSA) is 80.3 Å². The second kappa shape index (κ2) is 6.75. The molecule has 2 aliphatic rings. The zero-order valence-corrected chi connectivity index (χ0v) is 16.4. The van der Waals surface area contributed by atoms with E-state index in [-0.39, 0.29) is 5.91 Å². The summed E-state index contributed by atoms with van der Waals surface area (Å²) in [5, 5.41) is 8.83. The van der Waals surface area contributed by atoms with E-state index in [1.165, 1.54) is 10.4 Å². The van der Waals surface area contributed by atoms with Crippen LogP contribution in [0.25, 0.3) is 0 Å². The van der Waals surface area contributed by atoms with Crippen molar-refractivity contribution in [2.24, 2.45) is 12.8 Å². The van der Waals surface area contributed by atoms with Crippen molar-refractivity contribution in [3.05, 3.63) is 33.0 Å². The molecule has 0 saturated heterocycles. The maximum atomic E-state index is 12.2. The quantitative estimate of drug-likeness (QED) is 0.874. The van der Waals surface area contributed by atoms with E-state index in [9.17, 15) is 4.79 Å². The van der Waals surface area contributed by atoms with Crippen LogP contribution in [0.5, 0.6) is 0 Å². The van der Waals surface area contributed by atoms with Gasteiger partial charge in [0, 0.05) is 51.1 Å². The van der Waals surface area contributed by atoms with Crippen molar-refractivity contribution < 1.29 is 4.79 Å². The lowest BCUT2D eigenvalue weighted by Gasteiger charge is -2.31. The number of rotatable bonds is 4. The van der Waals surface area contributed by atoms with Crippen molar-refractivity contribution in [3.8, 4) is 0 Å². The molecule has 7 nitrogen and oxygen atoms in total. The fourth-order valence-electron chi connectivity index (χ4n) is 3.79. The molecular formula is C18H26N6OS. The molecule has 3 heterocycles. The van der Waals surface area contributed by atoms with Gasteiger partial charge in [-0.2, -0.15) is 0 Å². The number of carbonyl (C=O) groups excluding carboxylic acids is 1. The number of thiophene rings is 1. The van der Waals surface area contributed by atoms with Gasteiger partial charge in [-0.25, -0.2) is 0 Å². The van der Waals surface area contributed by atoms with Gasteiger partial charge in [0.15, 0.2) is 0 Å². The minimum absolute atomic E-state index is 0.0904. The largest absolute Gasteiger partial charge is 0.344 e. The highest BCUT2D eigenvalue weighted by atomic mass is 32.1. The number of nitrogens with two attached hydrogens (primary N) is 1. The van der Waals surface area contributed by atoms with Crippen LogP contribution < -0.4 is 5.73 Å². The molecule has 0 atom stereocenters. The van der Waals surface area contributed by atoms with Gasteiger partial charge in [-0.05, 0) is 30.9 Å². The zero-order valence-electron chi connectivity index (χ0n) is 15.6. The minimum Gasteiger partial charge on any atom is -0.344 e. The number of aromatic nitrogens is 3. The van der Waals surface area contributed by atoms with Gasteiger partial charge >= 0.3 is 0 Å². The number of nitrogens with zero attached hydrogens (tertiary/aromatic N) is 5. The first-order valence-electron chi connectivity index (χ1n) is 9.11. The van der Waals surface area contributed by atoms with Crippen LogP contribution in [0.1, 0.15) is 50.5 Å². The fourth-order valence-corrected chi connectivity index (χ4v) is 4.98. The average molecular weight is 375 g/mol. The molecule has 0 radical (unpaired) electrons. The van der Waals surface area contributed by atoms with Gasteiger partial charge in [0.2, 0.25) is 0 Å². The Labute approximate surface area is 157 Å². The molecule has 0 unspecified atom stereocenters. The Morgan fingerprint density at radius 3 is 2.85 bits per heavy atom. The van der Waals surface area contributed by atoms with Crippen molar-refractivity contribution in [1.29, 1.82) is 0 Å². The number of fused-ring (bicyclic) bond motifs is 1. The Morgan fingerprint density at radius 1 is 1.38 bits per heavy atom. The van der Waals surface area contributed by atoms with Crippen molar-refractivity contribution in [1.82, 2.24) is 24.6 Å². The molecular weight excluding hydrogens is 348 g/mol. The van der Waals surface area contributed by atoms with Gasteiger partial charge in [-0.1, -0.05) is 0 Å². The summed E-state index contributed by atoms with van der Waals surface area (Å²) in [5.74, 6) is 2.62. The van der Waals surface area contributed by atoms with Gasteiger partial charge in [-0.3, -0.25) is 9.69 Å². The highest BCUT2D eigenvalue weighted by Crippen LogP contribution is 2.35. The summed E-state index contributed by atoms with van der Waals surface area (Å²) in [6, 6.07) is 2.38. The summed E-state index contributed by atoms with van der Waals surface area (Å²) in [6.07, 6.45) is 3.01. The Kier molecular flexibility index (Phi) is 4.58. The van der Waals surface area contributed by atoms with Gasteiger partial charge in [0.05, 0.1) is 11.4 Å². The molecule has 4 rings (SSSR count). The fraction of sp³-hybridized carbons (Fsp3) is 0.611. The molecule has 2 aromatic heterocycles. The lowest BCUT2D eigenvalue weighted by Crippen LogP contribution is -2.36. The predicted molar refractivity (Wildman–Crippen MR) is 101 cm³/mol. The van der Waals surface area contributed by atoms with E-state index in [2.05, 4.69) is 32.8 Å². The van der Waals surface area contributed by atoms with E-state index in [0.717, 1.165) is 55.4 Å². The summed E-state index contributed by atoms with van der Waals surface area (Å²) in [6.45, 7) is 2.64. The van der Waals surface area contributed by atoms with Crippen LogP contribution in [0.3, 0.4) is 0 Å². The molecule has 140 valence electrons. The third-order valence-electron chi connectivity index (χ3n) is 5.47. The summed E-state index contributed by atoms with van der Waals surface area (Å²) in [7, 11) is 5.66. The summed E-state index contributed by atoms with van der Waals surface area (Å²) in [4.78, 5) is 18.4. The highest BCUT2D eigenvalue weighted by Gasteiger charge is 2.32. The smallest absolute Gasteiger partial charge is 0.263 e. The van der Waals surface area contributed by atoms with Crippen molar-refractivity contribution in [3.63, 3.8) is 0 Å². The second-order valence-corrected chi connectivity index (χ2v) is 8.82. The maximum absolute atomic E-state index is 12.2. The van der Waals surface area contributed by atoms with E-state index < -0.39 is 0 Å². The Balaban J connectivity index is 1.44. The Bertz CT molecular complexity index is 820. The molecule has 1 amide bonds. The number of amides is 1. The first-order valence-corrected chi connectivity index (χ1v) is 9.93. The maximum Gasteiger partial charge on any atom is 0.263 e. The standard InChI is InChI=1S/C18H26N6OS/c1-22(2)18(25)15-8-12-9-24(5-4-14(12)26-15)10-16-20-21-17(23(16)3)11-6-13(19)7-11/h8,11,13H,4-7,9-10,19H2,1-3H3. The van der Waals surface area contributed by atoms with Crippen molar-refractivity contribution in [2.45, 2.75) is 44.3 Å². The number of carbonyl (C=O) groups is 1. The molecule has 0 bridgehead atoms. The number of hydrogen-bond donors (Lipinski definition) is 1. The highest BCUT2D eigenvalue weighted by molar-refractivity contribution is 7.14. The van der Waals surface area contributed by atoms with E-state index in [0.29, 0.717) is 12.0 Å². The molecule has 1 fully saturated rings. The van der Waals surface area contributed by atoms with Crippen molar-refractivity contribution >= 4 is 17.2 Å². The van der Waals surface area contributed by atoms with Gasteiger partial charge < -0.3 is 15.2 Å². The van der Waals surface area contributed by atoms with Crippen LogP contribution in [0.15, 0.2) is 6.07 Å². The second-order valence-electron chi connectivity index (χ2n) is 7.68. The molecule has 2 aromatic rings. The van der Waals surface area contributed by atoms with E-state index in [1.807, 2.05) is 0 Å². The van der Waals surface area contributed by atoms with E-state index in [1.54, 1.807) is 30.3 Å².